The summed E-state index contributed by atoms with van der Waals surface area (Å²) >= 11 is 3.79. The van der Waals surface area contributed by atoms with Crippen LogP contribution < -0.4 is 4.43 Å². The molecule has 4 aromatic rings. The first kappa shape index (κ1) is 20.9. The molecule has 0 unspecified atom stereocenters. The highest BCUT2D eigenvalue weighted by atomic mass is 79.9. The van der Waals surface area contributed by atoms with Crippen LogP contribution in [0.2, 0.25) is 18.1 Å². The summed E-state index contributed by atoms with van der Waals surface area (Å²) in [5.74, 6) is 1.07. The Morgan fingerprint density at radius 2 is 1.37 bits per heavy atom. The molecule has 0 spiro atoms. The van der Waals surface area contributed by atoms with Gasteiger partial charge >= 0.3 is 0 Å². The topological polar surface area (TPSA) is 29.5 Å². The summed E-state index contributed by atoms with van der Waals surface area (Å²) in [5, 5.41) is 15.4. The van der Waals surface area contributed by atoms with Crippen LogP contribution in [0.1, 0.15) is 20.8 Å². The van der Waals surface area contributed by atoms with Crippen LogP contribution in [-0.2, 0) is 0 Å². The first-order chi connectivity index (χ1) is 14.1. The Kier molecular flexibility index (Phi) is 5.19. The van der Waals surface area contributed by atoms with Crippen molar-refractivity contribution in [3.8, 4) is 22.6 Å². The molecule has 0 heterocycles. The number of phenolic OH excluding ortho intramolecular Hbond substituents is 1. The molecule has 0 radical (unpaired) electrons. The fourth-order valence-electron chi connectivity index (χ4n) is 3.57. The van der Waals surface area contributed by atoms with Crippen LogP contribution in [-0.4, -0.2) is 13.4 Å². The summed E-state index contributed by atoms with van der Waals surface area (Å²) in [4.78, 5) is 0. The Morgan fingerprint density at radius 3 is 2.00 bits per heavy atom. The van der Waals surface area contributed by atoms with E-state index in [1.54, 1.807) is 6.07 Å². The summed E-state index contributed by atoms with van der Waals surface area (Å²) in [6.45, 7) is 11.2. The van der Waals surface area contributed by atoms with Gasteiger partial charge in [-0.25, -0.2) is 0 Å². The third-order valence-electron chi connectivity index (χ3n) is 6.28. The van der Waals surface area contributed by atoms with Crippen molar-refractivity contribution in [3.63, 3.8) is 0 Å². The zero-order chi connectivity index (χ0) is 21.7. The van der Waals surface area contributed by atoms with Crippen LogP contribution in [0.3, 0.4) is 0 Å². The fraction of sp³-hybridized carbons (Fsp3) is 0.231. The van der Waals surface area contributed by atoms with E-state index in [9.17, 15) is 5.11 Å². The van der Waals surface area contributed by atoms with E-state index >= 15 is 0 Å². The highest BCUT2D eigenvalue weighted by Crippen LogP contribution is 2.50. The van der Waals surface area contributed by atoms with Crippen molar-refractivity contribution < 1.29 is 9.53 Å². The lowest BCUT2D eigenvalue weighted by molar-refractivity contribution is 0.475. The van der Waals surface area contributed by atoms with E-state index in [0.717, 1.165) is 42.9 Å². The normalized spacial score (nSPS) is 12.5. The predicted molar refractivity (Wildman–Crippen MR) is 134 cm³/mol. The number of fused-ring (bicyclic) bond motifs is 2. The van der Waals surface area contributed by atoms with E-state index in [-0.39, 0.29) is 10.8 Å². The van der Waals surface area contributed by atoms with Gasteiger partial charge in [-0.3, -0.25) is 0 Å². The fourth-order valence-corrected chi connectivity index (χ4v) is 5.28. The molecule has 0 saturated carbocycles. The van der Waals surface area contributed by atoms with Crippen molar-refractivity contribution in [2.24, 2.45) is 0 Å². The van der Waals surface area contributed by atoms with Gasteiger partial charge in [0, 0.05) is 11.1 Å². The maximum absolute atomic E-state index is 11.0. The molecule has 0 bridgehead atoms. The molecular weight excluding hydrogens is 452 g/mol. The highest BCUT2D eigenvalue weighted by molar-refractivity contribution is 9.10. The number of rotatable bonds is 3. The monoisotopic (exact) mass is 478 g/mol. The predicted octanol–water partition coefficient (Wildman–Crippen LogP) is 8.51. The third-order valence-corrected chi connectivity index (χ3v) is 11.2. The zero-order valence-corrected chi connectivity index (χ0v) is 20.7. The number of hydrogen-bond donors (Lipinski definition) is 1. The Balaban J connectivity index is 2.13. The lowest BCUT2D eigenvalue weighted by Gasteiger charge is -2.37. The Labute approximate surface area is 187 Å². The Hall–Kier alpha value is -2.30. The van der Waals surface area contributed by atoms with Gasteiger partial charge in [-0.2, -0.15) is 0 Å². The van der Waals surface area contributed by atoms with Gasteiger partial charge in [0.2, 0.25) is 0 Å². The number of hydrogen-bond acceptors (Lipinski definition) is 2. The smallest absolute Gasteiger partial charge is 0.250 e. The van der Waals surface area contributed by atoms with Crippen LogP contribution in [0, 0.1) is 0 Å². The number of aromatic hydroxyl groups is 1. The van der Waals surface area contributed by atoms with Crippen LogP contribution in [0.4, 0.5) is 0 Å². The summed E-state index contributed by atoms with van der Waals surface area (Å²) in [6.07, 6.45) is 0. The van der Waals surface area contributed by atoms with Crippen molar-refractivity contribution in [1.82, 2.24) is 0 Å². The number of halogens is 1. The third kappa shape index (κ3) is 3.52. The summed E-state index contributed by atoms with van der Waals surface area (Å²) < 4.78 is 7.79. The van der Waals surface area contributed by atoms with Gasteiger partial charge in [0.05, 0.1) is 4.47 Å². The molecule has 0 atom stereocenters. The second-order valence-electron chi connectivity index (χ2n) is 9.33. The SMILES string of the molecule is CC(C)(C)[Si](C)(C)Oc1c(Br)cc2ccccc2c1-c1c(O)ccc2ccccc12. The highest BCUT2D eigenvalue weighted by Gasteiger charge is 2.40. The molecule has 4 rings (SSSR count). The minimum absolute atomic E-state index is 0.0517. The van der Waals surface area contributed by atoms with Crippen molar-refractivity contribution in [3.05, 3.63) is 71.2 Å². The van der Waals surface area contributed by atoms with Gasteiger partial charge in [0.1, 0.15) is 11.5 Å². The maximum Gasteiger partial charge on any atom is 0.250 e. The van der Waals surface area contributed by atoms with Crippen molar-refractivity contribution in [2.45, 2.75) is 38.9 Å². The largest absolute Gasteiger partial charge is 0.542 e. The molecule has 0 aromatic heterocycles. The van der Waals surface area contributed by atoms with Gasteiger partial charge in [0.15, 0.2) is 0 Å². The van der Waals surface area contributed by atoms with E-state index in [1.165, 1.54) is 0 Å². The molecule has 0 aliphatic carbocycles. The number of benzene rings is 4. The van der Waals surface area contributed by atoms with Gasteiger partial charge in [-0.1, -0.05) is 75.4 Å². The van der Waals surface area contributed by atoms with E-state index in [1.807, 2.05) is 30.3 Å². The molecule has 0 fully saturated rings. The first-order valence-corrected chi connectivity index (χ1v) is 13.9. The summed E-state index contributed by atoms with van der Waals surface area (Å²) in [5.41, 5.74) is 1.76. The second kappa shape index (κ2) is 7.43. The van der Waals surface area contributed by atoms with Gasteiger partial charge in [-0.15, -0.1) is 0 Å². The van der Waals surface area contributed by atoms with Crippen molar-refractivity contribution in [2.75, 3.05) is 0 Å². The number of phenols is 1. The zero-order valence-electron chi connectivity index (χ0n) is 18.1. The standard InChI is InChI=1S/C26H27BrO2Si/c1-26(2,3)30(4,5)29-25-21(27)16-18-11-7-9-13-20(18)24(25)23-19-12-8-6-10-17(19)14-15-22(23)28/h6-16,28H,1-5H3. The molecule has 4 aromatic carbocycles. The van der Waals surface area contributed by atoms with Crippen LogP contribution in [0.25, 0.3) is 32.7 Å². The second-order valence-corrected chi connectivity index (χ2v) is 14.9. The Morgan fingerprint density at radius 1 is 0.800 bits per heavy atom. The molecule has 0 aliphatic rings. The van der Waals surface area contributed by atoms with Crippen molar-refractivity contribution in [1.29, 1.82) is 0 Å². The first-order valence-electron chi connectivity index (χ1n) is 10.2. The van der Waals surface area contributed by atoms with Crippen LogP contribution >= 0.6 is 15.9 Å². The average molecular weight is 479 g/mol. The molecule has 0 saturated heterocycles. The van der Waals surface area contributed by atoms with Crippen LogP contribution in [0.15, 0.2) is 71.2 Å². The Bertz CT molecular complexity index is 1260. The van der Waals surface area contributed by atoms with E-state index in [2.05, 4.69) is 80.1 Å². The van der Waals surface area contributed by atoms with Crippen molar-refractivity contribution >= 4 is 45.8 Å². The molecule has 2 nitrogen and oxygen atoms in total. The quantitative estimate of drug-likeness (QED) is 0.299. The average Bonchev–Trinajstić information content (AvgIpc) is 2.68. The van der Waals surface area contributed by atoms with E-state index in [0.29, 0.717) is 0 Å². The van der Waals surface area contributed by atoms with E-state index in [4.69, 9.17) is 4.43 Å². The minimum atomic E-state index is -2.13. The molecule has 1 N–H and O–H groups in total. The van der Waals surface area contributed by atoms with Gasteiger partial charge in [-0.05, 0) is 67.7 Å². The maximum atomic E-state index is 11.0. The molecule has 154 valence electrons. The summed E-state index contributed by atoms with van der Waals surface area (Å²) in [7, 11) is -2.13. The minimum Gasteiger partial charge on any atom is -0.542 e. The molecular formula is C26H27BrO2Si. The van der Waals surface area contributed by atoms with Gasteiger partial charge < -0.3 is 9.53 Å². The molecule has 0 amide bonds. The van der Waals surface area contributed by atoms with E-state index < -0.39 is 8.32 Å². The van der Waals surface area contributed by atoms with Gasteiger partial charge in [0.25, 0.3) is 8.32 Å². The van der Waals surface area contributed by atoms with Crippen LogP contribution in [0.5, 0.6) is 11.5 Å². The summed E-state index contributed by atoms with van der Waals surface area (Å²) in [6, 6.07) is 22.3. The molecule has 0 aliphatic heterocycles. The lowest BCUT2D eigenvalue weighted by Crippen LogP contribution is -2.44. The molecule has 4 heteroatoms. The molecule has 30 heavy (non-hydrogen) atoms. The lowest BCUT2D eigenvalue weighted by atomic mass is 9.92.